The zero-order valence-corrected chi connectivity index (χ0v) is 13.5. The maximum atomic E-state index is 8.78. The van der Waals surface area contributed by atoms with Crippen LogP contribution in [0.15, 0.2) is 47.5 Å². The molecule has 2 aliphatic rings. The summed E-state index contributed by atoms with van der Waals surface area (Å²) in [4.78, 5) is 4.89. The number of nitrogens with one attached hydrogen (secondary N) is 1. The minimum Gasteiger partial charge on any atom is -0.353 e. The Morgan fingerprint density at radius 3 is 3.04 bits per heavy atom. The van der Waals surface area contributed by atoms with Gasteiger partial charge in [0, 0.05) is 50.0 Å². The highest BCUT2D eigenvalue weighted by molar-refractivity contribution is 6.31. The summed E-state index contributed by atoms with van der Waals surface area (Å²) in [5, 5.41) is 3.46. The molecule has 2 aromatic carbocycles. The third kappa shape index (κ3) is 2.76. The van der Waals surface area contributed by atoms with Gasteiger partial charge in [-0.2, -0.15) is 0 Å². The molecule has 2 aromatic rings. The van der Waals surface area contributed by atoms with E-state index in [1.807, 2.05) is 0 Å². The largest absolute Gasteiger partial charge is 0.353 e. The Bertz CT molecular complexity index is 1150. The fourth-order valence-electron chi connectivity index (χ4n) is 2.51. The summed E-state index contributed by atoms with van der Waals surface area (Å²) in [6.45, 7) is -12.1. The summed E-state index contributed by atoms with van der Waals surface area (Å²) in [6.07, 6.45) is 0. The highest BCUT2D eigenvalue weighted by atomic mass is 35.5. The lowest BCUT2D eigenvalue weighted by molar-refractivity contribution is 0.153. The summed E-state index contributed by atoms with van der Waals surface area (Å²) in [5.41, 5.74) is 1.39. The summed E-state index contributed by atoms with van der Waals surface area (Å²) < 4.78 is 83.9. The van der Waals surface area contributed by atoms with Gasteiger partial charge in [0.25, 0.3) is 0 Å². The normalized spacial score (nSPS) is 36.6. The van der Waals surface area contributed by atoms with Gasteiger partial charge in [-0.1, -0.05) is 23.7 Å². The van der Waals surface area contributed by atoms with E-state index < -0.39 is 32.5 Å². The number of piperazine rings is 1. The van der Waals surface area contributed by atoms with Crippen molar-refractivity contribution in [2.24, 2.45) is 4.99 Å². The molecule has 0 bridgehead atoms. The molecule has 1 unspecified atom stereocenters. The van der Waals surface area contributed by atoms with Crippen LogP contribution in [0.25, 0.3) is 0 Å². The van der Waals surface area contributed by atoms with Crippen LogP contribution in [0, 0.1) is 0 Å². The SMILES string of the molecule is [2H]C([2H])([2H])N1C([2H])([2H])C([2H])([2H])N(C2=Nc3cc(Cl)ccc3Nc3ccccc32)C([2H])([2H])C1([2H])C. The maximum absolute atomic E-state index is 8.78. The molecule has 0 amide bonds. The summed E-state index contributed by atoms with van der Waals surface area (Å²) in [7, 11) is 0. The van der Waals surface area contributed by atoms with E-state index in [2.05, 4.69) is 10.3 Å². The van der Waals surface area contributed by atoms with E-state index in [4.69, 9.17) is 25.3 Å². The molecule has 0 spiro atoms. The Hall–Kier alpha value is -2.04. The fraction of sp³-hybridized carbons (Fsp3) is 0.316. The van der Waals surface area contributed by atoms with Crippen molar-refractivity contribution in [3.63, 3.8) is 0 Å². The van der Waals surface area contributed by atoms with Gasteiger partial charge in [0.1, 0.15) is 5.84 Å². The molecule has 24 heavy (non-hydrogen) atoms. The maximum Gasteiger partial charge on any atom is 0.138 e. The van der Waals surface area contributed by atoms with Crippen LogP contribution in [0.4, 0.5) is 17.1 Å². The summed E-state index contributed by atoms with van der Waals surface area (Å²) in [5.74, 6) is -0.313. The second kappa shape index (κ2) is 6.11. The van der Waals surface area contributed by atoms with Crippen LogP contribution in [0.1, 0.15) is 26.2 Å². The van der Waals surface area contributed by atoms with E-state index in [0.717, 1.165) is 6.92 Å². The summed E-state index contributed by atoms with van der Waals surface area (Å²) >= 11 is 6.13. The number of para-hydroxylation sites is 1. The molecule has 0 saturated carbocycles. The first-order valence-electron chi connectivity index (χ1n) is 12.3. The number of anilines is 2. The summed E-state index contributed by atoms with van der Waals surface area (Å²) in [6, 6.07) is 8.51. The molecule has 2 heterocycles. The number of likely N-dealkylation sites (N-methyl/N-ethyl adjacent to an activating group) is 1. The Balaban J connectivity index is 2.06. The average Bonchev–Trinajstić information content (AvgIpc) is 2.81. The number of amidine groups is 1. The van der Waals surface area contributed by atoms with E-state index >= 15 is 0 Å². The highest BCUT2D eigenvalue weighted by Gasteiger charge is 2.26. The van der Waals surface area contributed by atoms with Crippen LogP contribution in [-0.2, 0) is 0 Å². The van der Waals surface area contributed by atoms with Crippen molar-refractivity contribution in [3.8, 4) is 0 Å². The van der Waals surface area contributed by atoms with Gasteiger partial charge < -0.3 is 15.1 Å². The van der Waals surface area contributed by atoms with Crippen molar-refractivity contribution in [1.29, 1.82) is 0 Å². The van der Waals surface area contributed by atoms with Crippen molar-refractivity contribution < 1.29 is 13.7 Å². The van der Waals surface area contributed by atoms with E-state index in [1.165, 1.54) is 6.07 Å². The average molecular weight is 351 g/mol. The van der Waals surface area contributed by atoms with Crippen LogP contribution in [0.5, 0.6) is 0 Å². The number of aliphatic imine (C=N–C) groups is 1. The van der Waals surface area contributed by atoms with E-state index in [1.54, 1.807) is 36.4 Å². The zero-order valence-electron chi connectivity index (χ0n) is 22.8. The van der Waals surface area contributed by atoms with E-state index in [-0.39, 0.29) is 22.0 Å². The van der Waals surface area contributed by atoms with Crippen molar-refractivity contribution in [3.05, 3.63) is 53.1 Å². The van der Waals surface area contributed by atoms with E-state index in [9.17, 15) is 0 Å². The van der Waals surface area contributed by atoms with Gasteiger partial charge in [-0.25, -0.2) is 4.99 Å². The van der Waals surface area contributed by atoms with Crippen LogP contribution in [0.3, 0.4) is 0 Å². The molecule has 124 valence electrons. The van der Waals surface area contributed by atoms with Gasteiger partial charge in [0.2, 0.25) is 0 Å². The Morgan fingerprint density at radius 2 is 2.17 bits per heavy atom. The van der Waals surface area contributed by atoms with Gasteiger partial charge in [-0.15, -0.1) is 0 Å². The molecule has 4 rings (SSSR count). The predicted molar refractivity (Wildman–Crippen MR) is 101 cm³/mol. The molecule has 2 aliphatic heterocycles. The fourth-order valence-corrected chi connectivity index (χ4v) is 2.68. The van der Waals surface area contributed by atoms with Gasteiger partial charge in [0.15, 0.2) is 0 Å². The van der Waals surface area contributed by atoms with Gasteiger partial charge in [0.05, 0.1) is 16.9 Å². The molecule has 1 saturated heterocycles. The minimum atomic E-state index is -3.32. The van der Waals surface area contributed by atoms with Crippen molar-refractivity contribution in [2.75, 3.05) is 31.8 Å². The highest BCUT2D eigenvalue weighted by Crippen LogP contribution is 2.36. The van der Waals surface area contributed by atoms with Gasteiger partial charge in [-0.05, 0) is 44.2 Å². The van der Waals surface area contributed by atoms with Crippen molar-refractivity contribution >= 4 is 34.5 Å². The number of benzene rings is 2. The van der Waals surface area contributed by atoms with Crippen LogP contribution >= 0.6 is 11.6 Å². The monoisotopic (exact) mass is 350 g/mol. The van der Waals surface area contributed by atoms with Crippen LogP contribution in [0.2, 0.25) is 5.02 Å². The quantitative estimate of drug-likeness (QED) is 0.775. The number of nitrogens with zero attached hydrogens (tertiary/aromatic N) is 3. The van der Waals surface area contributed by atoms with Gasteiger partial charge in [-0.3, -0.25) is 0 Å². The van der Waals surface area contributed by atoms with Crippen LogP contribution < -0.4 is 5.32 Å². The van der Waals surface area contributed by atoms with Gasteiger partial charge >= 0.3 is 0 Å². The molecule has 1 N–H and O–H groups in total. The molecular formula is C19H21ClN4. The topological polar surface area (TPSA) is 30.9 Å². The first-order chi connectivity index (χ1) is 15.4. The molecule has 0 aromatic heterocycles. The third-order valence-corrected chi connectivity index (χ3v) is 3.95. The van der Waals surface area contributed by atoms with Crippen molar-refractivity contribution in [2.45, 2.75) is 12.9 Å². The lowest BCUT2D eigenvalue weighted by Crippen LogP contribution is -2.52. The molecule has 0 radical (unpaired) electrons. The minimum absolute atomic E-state index is 0.0320. The number of halogens is 1. The van der Waals surface area contributed by atoms with E-state index in [0.29, 0.717) is 21.3 Å². The molecule has 4 nitrogen and oxygen atoms in total. The number of hydrogen-bond acceptors (Lipinski definition) is 4. The second-order valence-corrected chi connectivity index (χ2v) is 5.80. The Kier molecular flexibility index (Phi) is 2.01. The lowest BCUT2D eigenvalue weighted by atomic mass is 10.1. The van der Waals surface area contributed by atoms with Crippen molar-refractivity contribution in [1.82, 2.24) is 9.80 Å². The molecule has 5 heteroatoms. The Labute approximate surface area is 161 Å². The predicted octanol–water partition coefficient (Wildman–Crippen LogP) is 4.11. The first kappa shape index (κ1) is 7.89. The zero-order chi connectivity index (χ0) is 25.5. The molecule has 0 aliphatic carbocycles. The lowest BCUT2D eigenvalue weighted by Gasteiger charge is -2.39. The number of rotatable bonds is 0. The second-order valence-electron chi connectivity index (χ2n) is 5.36. The number of fused-ring (bicyclic) bond motifs is 2. The molecule has 1 fully saturated rings. The third-order valence-electron chi connectivity index (χ3n) is 3.72. The standard InChI is InChI=1S/C19H21ClN4/c1-13-12-24(10-9-23(13)2)19-15-5-3-4-6-16(15)21-17-8-7-14(20)11-18(17)22-19/h3-8,11,13,21H,9-10,12H2,1-2H3/i2D3,9D2,10D2,12D2,13D. The molecular weight excluding hydrogens is 320 g/mol. The smallest absolute Gasteiger partial charge is 0.138 e. The molecule has 1 atom stereocenters. The van der Waals surface area contributed by atoms with Crippen LogP contribution in [-0.4, -0.2) is 48.1 Å². The Morgan fingerprint density at radius 1 is 1.29 bits per heavy atom. The number of hydrogen-bond donors (Lipinski definition) is 1. The first-order valence-corrected chi connectivity index (χ1v) is 7.67.